The summed E-state index contributed by atoms with van der Waals surface area (Å²) in [6.45, 7) is 5.77. The van der Waals surface area contributed by atoms with Crippen molar-refractivity contribution in [2.75, 3.05) is 26.8 Å². The van der Waals surface area contributed by atoms with Crippen molar-refractivity contribution >= 4 is 11.9 Å². The highest BCUT2D eigenvalue weighted by Crippen LogP contribution is 2.32. The summed E-state index contributed by atoms with van der Waals surface area (Å²) in [5.74, 6) is -0.515. The first-order valence-electron chi connectivity index (χ1n) is 7.49. The molecule has 1 aliphatic rings. The zero-order valence-electron chi connectivity index (χ0n) is 12.9. The first-order chi connectivity index (χ1) is 9.49. The molecule has 1 amide bonds. The molecule has 0 aromatic carbocycles. The Hall–Kier alpha value is -1.10. The van der Waals surface area contributed by atoms with Gasteiger partial charge in [-0.25, -0.2) is 0 Å². The lowest BCUT2D eigenvalue weighted by Gasteiger charge is -2.35. The van der Waals surface area contributed by atoms with Gasteiger partial charge in [-0.3, -0.25) is 9.59 Å². The first kappa shape index (κ1) is 17.0. The number of methoxy groups -OCH3 is 1. The minimum Gasteiger partial charge on any atom is -0.481 e. The molecule has 116 valence electrons. The summed E-state index contributed by atoms with van der Waals surface area (Å²) in [5, 5.41) is 9.42. The molecule has 1 aliphatic heterocycles. The van der Waals surface area contributed by atoms with Crippen molar-refractivity contribution in [1.29, 1.82) is 0 Å². The topological polar surface area (TPSA) is 66.8 Å². The number of hydrogen-bond donors (Lipinski definition) is 1. The number of carboxylic acid groups (broad SMARTS) is 1. The Labute approximate surface area is 121 Å². The minimum atomic E-state index is -0.911. The molecular formula is C15H27NO4. The Morgan fingerprint density at radius 1 is 1.35 bits per heavy atom. The molecule has 5 nitrogen and oxygen atoms in total. The van der Waals surface area contributed by atoms with Gasteiger partial charge < -0.3 is 14.7 Å². The second-order valence-corrected chi connectivity index (χ2v) is 5.77. The molecule has 1 fully saturated rings. The van der Waals surface area contributed by atoms with Gasteiger partial charge in [0.1, 0.15) is 0 Å². The monoisotopic (exact) mass is 285 g/mol. The van der Waals surface area contributed by atoms with Crippen LogP contribution in [0.25, 0.3) is 0 Å². The van der Waals surface area contributed by atoms with Gasteiger partial charge in [-0.15, -0.1) is 0 Å². The number of hydrogen-bond acceptors (Lipinski definition) is 3. The van der Waals surface area contributed by atoms with E-state index in [4.69, 9.17) is 4.74 Å². The predicted molar refractivity (Wildman–Crippen MR) is 76.4 cm³/mol. The van der Waals surface area contributed by atoms with Crippen molar-refractivity contribution in [3.05, 3.63) is 0 Å². The number of ether oxygens (including phenoxy) is 1. The third-order valence-corrected chi connectivity index (χ3v) is 4.57. The maximum Gasteiger partial charge on any atom is 0.310 e. The first-order valence-corrected chi connectivity index (χ1v) is 7.49. The van der Waals surface area contributed by atoms with E-state index in [1.54, 1.807) is 7.11 Å². The molecule has 0 spiro atoms. The molecular weight excluding hydrogens is 258 g/mol. The van der Waals surface area contributed by atoms with Crippen LogP contribution in [0.15, 0.2) is 0 Å². The van der Waals surface area contributed by atoms with E-state index in [9.17, 15) is 14.7 Å². The Morgan fingerprint density at radius 3 is 2.50 bits per heavy atom. The third-order valence-electron chi connectivity index (χ3n) is 4.57. The van der Waals surface area contributed by atoms with E-state index in [1.807, 2.05) is 18.7 Å². The van der Waals surface area contributed by atoms with Gasteiger partial charge >= 0.3 is 5.97 Å². The fraction of sp³-hybridized carbons (Fsp3) is 0.867. The number of aliphatic carboxylic acids is 1. The Morgan fingerprint density at radius 2 is 2.00 bits per heavy atom. The zero-order valence-corrected chi connectivity index (χ0v) is 12.9. The standard InChI is InChI=1S/C15H27NO4/c1-4-15(5-2,14(18)19)9-13(17)16-8-6-7-12(10-16)11-20-3/h12H,4-11H2,1-3H3,(H,18,19). The van der Waals surface area contributed by atoms with Crippen molar-refractivity contribution in [1.82, 2.24) is 4.90 Å². The van der Waals surface area contributed by atoms with Gasteiger partial charge in [0.2, 0.25) is 5.91 Å². The third kappa shape index (κ3) is 3.95. The van der Waals surface area contributed by atoms with E-state index in [0.29, 0.717) is 31.9 Å². The highest BCUT2D eigenvalue weighted by molar-refractivity contribution is 5.85. The van der Waals surface area contributed by atoms with Gasteiger partial charge in [-0.2, -0.15) is 0 Å². The van der Waals surface area contributed by atoms with Gasteiger partial charge in [0.15, 0.2) is 0 Å². The molecule has 0 radical (unpaired) electrons. The number of rotatable bonds is 7. The van der Waals surface area contributed by atoms with Crippen molar-refractivity contribution in [3.8, 4) is 0 Å². The molecule has 0 aromatic rings. The van der Waals surface area contributed by atoms with Crippen LogP contribution in [0.1, 0.15) is 46.0 Å². The summed E-state index contributed by atoms with van der Waals surface area (Å²) in [6, 6.07) is 0. The normalized spacial score (nSPS) is 19.9. The van der Waals surface area contributed by atoms with Gasteiger partial charge in [0.25, 0.3) is 0 Å². The summed E-state index contributed by atoms with van der Waals surface area (Å²) in [4.78, 5) is 25.7. The van der Waals surface area contributed by atoms with Crippen LogP contribution in [0.4, 0.5) is 0 Å². The maximum atomic E-state index is 12.4. The van der Waals surface area contributed by atoms with E-state index < -0.39 is 11.4 Å². The van der Waals surface area contributed by atoms with Gasteiger partial charge in [0, 0.05) is 26.6 Å². The van der Waals surface area contributed by atoms with E-state index >= 15 is 0 Å². The van der Waals surface area contributed by atoms with Crippen LogP contribution in [0, 0.1) is 11.3 Å². The fourth-order valence-electron chi connectivity index (χ4n) is 2.94. The highest BCUT2D eigenvalue weighted by Gasteiger charge is 2.39. The molecule has 1 saturated heterocycles. The molecule has 20 heavy (non-hydrogen) atoms. The van der Waals surface area contributed by atoms with Gasteiger partial charge in [-0.05, 0) is 31.6 Å². The van der Waals surface area contributed by atoms with E-state index in [2.05, 4.69) is 0 Å². The highest BCUT2D eigenvalue weighted by atomic mass is 16.5. The summed E-state index contributed by atoms with van der Waals surface area (Å²) in [5.41, 5.74) is -0.911. The van der Waals surface area contributed by atoms with Crippen LogP contribution < -0.4 is 0 Å². The minimum absolute atomic E-state index is 0.0306. The molecule has 5 heteroatoms. The number of likely N-dealkylation sites (tertiary alicyclic amines) is 1. The lowest BCUT2D eigenvalue weighted by atomic mass is 9.78. The summed E-state index contributed by atoms with van der Waals surface area (Å²) < 4.78 is 5.16. The van der Waals surface area contributed by atoms with Gasteiger partial charge in [0.05, 0.1) is 12.0 Å². The van der Waals surface area contributed by atoms with Crippen molar-refractivity contribution in [2.24, 2.45) is 11.3 Å². The maximum absolute atomic E-state index is 12.4. The van der Waals surface area contributed by atoms with Crippen LogP contribution in [0.3, 0.4) is 0 Å². The largest absolute Gasteiger partial charge is 0.481 e. The molecule has 0 aromatic heterocycles. The summed E-state index contributed by atoms with van der Waals surface area (Å²) >= 11 is 0. The van der Waals surface area contributed by atoms with Crippen LogP contribution in [-0.4, -0.2) is 48.7 Å². The smallest absolute Gasteiger partial charge is 0.310 e. The number of carboxylic acids is 1. The van der Waals surface area contributed by atoms with Crippen molar-refractivity contribution in [2.45, 2.75) is 46.0 Å². The van der Waals surface area contributed by atoms with Crippen LogP contribution >= 0.6 is 0 Å². The lowest BCUT2D eigenvalue weighted by Crippen LogP contribution is -2.44. The summed E-state index contributed by atoms with van der Waals surface area (Å²) in [6.07, 6.45) is 3.12. The number of carbonyl (C=O) groups excluding carboxylic acids is 1. The second-order valence-electron chi connectivity index (χ2n) is 5.77. The molecule has 0 bridgehead atoms. The Balaban J connectivity index is 2.67. The SMILES string of the molecule is CCC(CC)(CC(=O)N1CCCC(COC)C1)C(=O)O. The van der Waals surface area contributed by atoms with Crippen molar-refractivity contribution < 1.29 is 19.4 Å². The van der Waals surface area contributed by atoms with Crippen LogP contribution in [0.2, 0.25) is 0 Å². The van der Waals surface area contributed by atoms with E-state index in [0.717, 1.165) is 19.4 Å². The number of nitrogens with zero attached hydrogens (tertiary/aromatic N) is 1. The number of amides is 1. The number of carbonyl (C=O) groups is 2. The average Bonchev–Trinajstić information content (AvgIpc) is 2.45. The predicted octanol–water partition coefficient (Wildman–Crippen LogP) is 2.15. The molecule has 1 N–H and O–H groups in total. The molecule has 1 unspecified atom stereocenters. The second kappa shape index (κ2) is 7.62. The summed E-state index contributed by atoms with van der Waals surface area (Å²) in [7, 11) is 1.67. The molecule has 1 rings (SSSR count). The van der Waals surface area contributed by atoms with Crippen molar-refractivity contribution in [3.63, 3.8) is 0 Å². The molecule has 1 heterocycles. The van der Waals surface area contributed by atoms with Crippen LogP contribution in [-0.2, 0) is 14.3 Å². The average molecular weight is 285 g/mol. The Kier molecular flexibility index (Phi) is 6.46. The fourth-order valence-corrected chi connectivity index (χ4v) is 2.94. The molecule has 0 saturated carbocycles. The number of piperidine rings is 1. The van der Waals surface area contributed by atoms with E-state index in [-0.39, 0.29) is 12.3 Å². The van der Waals surface area contributed by atoms with Gasteiger partial charge in [-0.1, -0.05) is 13.8 Å². The Bertz CT molecular complexity index is 337. The quantitative estimate of drug-likeness (QED) is 0.778. The van der Waals surface area contributed by atoms with E-state index in [1.165, 1.54) is 0 Å². The molecule has 1 atom stereocenters. The molecule has 0 aliphatic carbocycles. The zero-order chi connectivity index (χ0) is 15.2. The van der Waals surface area contributed by atoms with Crippen LogP contribution in [0.5, 0.6) is 0 Å². The lowest BCUT2D eigenvalue weighted by molar-refractivity contribution is -0.154.